The monoisotopic (exact) mass is 253 g/mol. The normalized spacial score (nSPS) is 23.8. The molecule has 96 valence electrons. The lowest BCUT2D eigenvalue weighted by molar-refractivity contribution is 0.183. The SMILES string of the molecule is CCc1nc(CNC2CCNCC2(C)C)cs1. The number of nitrogens with zero attached hydrogens (tertiary/aromatic N) is 1. The maximum Gasteiger partial charge on any atom is 0.0926 e. The van der Waals surface area contributed by atoms with Crippen LogP contribution in [0.1, 0.15) is 37.9 Å². The highest BCUT2D eigenvalue weighted by molar-refractivity contribution is 7.09. The Morgan fingerprint density at radius 1 is 1.59 bits per heavy atom. The van der Waals surface area contributed by atoms with Gasteiger partial charge in [-0.1, -0.05) is 20.8 Å². The highest BCUT2D eigenvalue weighted by Gasteiger charge is 2.31. The maximum absolute atomic E-state index is 4.60. The van der Waals surface area contributed by atoms with Crippen molar-refractivity contribution in [3.05, 3.63) is 16.1 Å². The van der Waals surface area contributed by atoms with Crippen LogP contribution in [0.5, 0.6) is 0 Å². The van der Waals surface area contributed by atoms with Gasteiger partial charge in [0.15, 0.2) is 0 Å². The summed E-state index contributed by atoms with van der Waals surface area (Å²) in [4.78, 5) is 4.60. The minimum atomic E-state index is 0.335. The molecule has 4 heteroatoms. The fourth-order valence-corrected chi connectivity index (χ4v) is 3.11. The van der Waals surface area contributed by atoms with Gasteiger partial charge < -0.3 is 10.6 Å². The predicted molar refractivity (Wildman–Crippen MR) is 73.4 cm³/mol. The first-order chi connectivity index (χ1) is 8.12. The van der Waals surface area contributed by atoms with Crippen LogP contribution in [0.2, 0.25) is 0 Å². The van der Waals surface area contributed by atoms with Crippen molar-refractivity contribution in [2.75, 3.05) is 13.1 Å². The van der Waals surface area contributed by atoms with Crippen LogP contribution in [0, 0.1) is 5.41 Å². The molecule has 0 radical (unpaired) electrons. The second-order valence-electron chi connectivity index (χ2n) is 5.47. The van der Waals surface area contributed by atoms with Gasteiger partial charge in [-0.05, 0) is 24.8 Å². The van der Waals surface area contributed by atoms with E-state index in [4.69, 9.17) is 0 Å². The summed E-state index contributed by atoms with van der Waals surface area (Å²) in [6.45, 7) is 9.95. The van der Waals surface area contributed by atoms with Gasteiger partial charge in [-0.15, -0.1) is 11.3 Å². The number of hydrogen-bond acceptors (Lipinski definition) is 4. The standard InChI is InChI=1S/C13H23N3S/c1-4-12-16-10(8-17-12)7-15-11-5-6-14-9-13(11,2)3/h8,11,14-15H,4-7,9H2,1-3H3. The third kappa shape index (κ3) is 3.27. The van der Waals surface area contributed by atoms with Gasteiger partial charge in [0, 0.05) is 24.5 Å². The molecular formula is C13H23N3S. The second kappa shape index (κ2) is 5.46. The van der Waals surface area contributed by atoms with Crippen molar-refractivity contribution in [1.82, 2.24) is 15.6 Å². The molecule has 0 bridgehead atoms. The number of aromatic nitrogens is 1. The van der Waals surface area contributed by atoms with Crippen LogP contribution >= 0.6 is 11.3 Å². The average Bonchev–Trinajstić information content (AvgIpc) is 2.75. The molecule has 1 unspecified atom stereocenters. The van der Waals surface area contributed by atoms with Crippen LogP contribution < -0.4 is 10.6 Å². The number of piperidine rings is 1. The van der Waals surface area contributed by atoms with Gasteiger partial charge in [-0.2, -0.15) is 0 Å². The minimum Gasteiger partial charge on any atom is -0.316 e. The van der Waals surface area contributed by atoms with Crippen molar-refractivity contribution in [3.63, 3.8) is 0 Å². The van der Waals surface area contributed by atoms with Gasteiger partial charge in [0.05, 0.1) is 10.7 Å². The van der Waals surface area contributed by atoms with E-state index in [2.05, 4.69) is 41.8 Å². The molecule has 0 amide bonds. The number of rotatable bonds is 4. The van der Waals surface area contributed by atoms with Gasteiger partial charge in [0.25, 0.3) is 0 Å². The summed E-state index contributed by atoms with van der Waals surface area (Å²) < 4.78 is 0. The van der Waals surface area contributed by atoms with E-state index in [9.17, 15) is 0 Å². The highest BCUT2D eigenvalue weighted by atomic mass is 32.1. The first kappa shape index (κ1) is 13.0. The Kier molecular flexibility index (Phi) is 4.17. The van der Waals surface area contributed by atoms with E-state index < -0.39 is 0 Å². The molecule has 1 aromatic rings. The summed E-state index contributed by atoms with van der Waals surface area (Å²) in [6, 6.07) is 0.593. The van der Waals surface area contributed by atoms with Gasteiger partial charge in [0.1, 0.15) is 0 Å². The molecule has 1 aliphatic heterocycles. The van der Waals surface area contributed by atoms with E-state index in [0.717, 1.165) is 26.1 Å². The van der Waals surface area contributed by atoms with Crippen molar-refractivity contribution in [1.29, 1.82) is 0 Å². The van der Waals surface area contributed by atoms with E-state index in [1.165, 1.54) is 17.1 Å². The lowest BCUT2D eigenvalue weighted by atomic mass is 9.80. The van der Waals surface area contributed by atoms with Crippen LogP contribution in [0.3, 0.4) is 0 Å². The number of hydrogen-bond donors (Lipinski definition) is 2. The van der Waals surface area contributed by atoms with Crippen molar-refractivity contribution >= 4 is 11.3 Å². The Bertz CT molecular complexity index is 359. The molecule has 2 rings (SSSR count). The molecule has 0 aromatic carbocycles. The molecular weight excluding hydrogens is 230 g/mol. The summed E-state index contributed by atoms with van der Waals surface area (Å²) in [6.07, 6.45) is 2.25. The zero-order chi connectivity index (χ0) is 12.3. The summed E-state index contributed by atoms with van der Waals surface area (Å²) in [7, 11) is 0. The molecule has 17 heavy (non-hydrogen) atoms. The third-order valence-electron chi connectivity index (χ3n) is 3.57. The fourth-order valence-electron chi connectivity index (χ4n) is 2.37. The second-order valence-corrected chi connectivity index (χ2v) is 6.42. The van der Waals surface area contributed by atoms with Crippen molar-refractivity contribution in [2.24, 2.45) is 5.41 Å². The molecule has 2 heterocycles. The van der Waals surface area contributed by atoms with E-state index in [1.54, 1.807) is 11.3 Å². The summed E-state index contributed by atoms with van der Waals surface area (Å²) in [5.74, 6) is 0. The summed E-state index contributed by atoms with van der Waals surface area (Å²) in [5.41, 5.74) is 1.53. The topological polar surface area (TPSA) is 37.0 Å². The van der Waals surface area contributed by atoms with E-state index in [0.29, 0.717) is 11.5 Å². The van der Waals surface area contributed by atoms with Crippen LogP contribution in [-0.4, -0.2) is 24.1 Å². The Balaban J connectivity index is 1.88. The van der Waals surface area contributed by atoms with Gasteiger partial charge in [-0.3, -0.25) is 0 Å². The van der Waals surface area contributed by atoms with Gasteiger partial charge >= 0.3 is 0 Å². The molecule has 1 fully saturated rings. The minimum absolute atomic E-state index is 0.335. The lowest BCUT2D eigenvalue weighted by Gasteiger charge is -2.39. The quantitative estimate of drug-likeness (QED) is 0.863. The maximum atomic E-state index is 4.60. The van der Waals surface area contributed by atoms with E-state index >= 15 is 0 Å². The number of thiazole rings is 1. The average molecular weight is 253 g/mol. The van der Waals surface area contributed by atoms with Crippen LogP contribution in [-0.2, 0) is 13.0 Å². The van der Waals surface area contributed by atoms with E-state index in [-0.39, 0.29) is 0 Å². The highest BCUT2D eigenvalue weighted by Crippen LogP contribution is 2.25. The molecule has 1 atom stereocenters. The summed E-state index contributed by atoms with van der Waals surface area (Å²) in [5, 5.41) is 10.6. The molecule has 1 saturated heterocycles. The predicted octanol–water partition coefficient (Wildman–Crippen LogP) is 2.18. The van der Waals surface area contributed by atoms with E-state index in [1.807, 2.05) is 0 Å². The van der Waals surface area contributed by atoms with Crippen molar-refractivity contribution in [3.8, 4) is 0 Å². The Morgan fingerprint density at radius 3 is 3.06 bits per heavy atom. The summed E-state index contributed by atoms with van der Waals surface area (Å²) >= 11 is 1.77. The smallest absolute Gasteiger partial charge is 0.0926 e. The van der Waals surface area contributed by atoms with Gasteiger partial charge in [0.2, 0.25) is 0 Å². The van der Waals surface area contributed by atoms with Crippen molar-refractivity contribution in [2.45, 2.75) is 46.2 Å². The molecule has 0 aliphatic carbocycles. The lowest BCUT2D eigenvalue weighted by Crippen LogP contribution is -2.52. The van der Waals surface area contributed by atoms with Crippen LogP contribution in [0.15, 0.2) is 5.38 Å². The fraction of sp³-hybridized carbons (Fsp3) is 0.769. The first-order valence-corrected chi connectivity index (χ1v) is 7.37. The molecule has 1 aromatic heterocycles. The molecule has 3 nitrogen and oxygen atoms in total. The zero-order valence-electron chi connectivity index (χ0n) is 11.0. The first-order valence-electron chi connectivity index (χ1n) is 6.49. The molecule has 0 saturated carbocycles. The third-order valence-corrected chi connectivity index (χ3v) is 4.61. The number of nitrogens with one attached hydrogen (secondary N) is 2. The van der Waals surface area contributed by atoms with Crippen molar-refractivity contribution < 1.29 is 0 Å². The molecule has 0 spiro atoms. The Hall–Kier alpha value is -0.450. The largest absolute Gasteiger partial charge is 0.316 e. The van der Waals surface area contributed by atoms with Crippen LogP contribution in [0.4, 0.5) is 0 Å². The Labute approximate surface area is 108 Å². The molecule has 2 N–H and O–H groups in total. The molecule has 1 aliphatic rings. The zero-order valence-corrected chi connectivity index (χ0v) is 11.9. The Morgan fingerprint density at radius 2 is 2.41 bits per heavy atom. The number of aryl methyl sites for hydroxylation is 1. The van der Waals surface area contributed by atoms with Gasteiger partial charge in [-0.25, -0.2) is 4.98 Å². The van der Waals surface area contributed by atoms with Crippen LogP contribution in [0.25, 0.3) is 0 Å².